The molecular weight excluding hydrogens is 305 g/mol. The average Bonchev–Trinajstić information content (AvgIpc) is 2.35. The van der Waals surface area contributed by atoms with Crippen LogP contribution in [-0.4, -0.2) is 19.8 Å². The van der Waals surface area contributed by atoms with E-state index in [2.05, 4.69) is 12.2 Å². The van der Waals surface area contributed by atoms with Crippen LogP contribution in [0.4, 0.5) is 0 Å². The molecule has 1 aromatic carbocycles. The van der Waals surface area contributed by atoms with Gasteiger partial charge in [-0.2, -0.15) is 0 Å². The van der Waals surface area contributed by atoms with Crippen LogP contribution in [0.1, 0.15) is 31.7 Å². The first-order valence-corrected chi connectivity index (χ1v) is 7.22. The molecule has 0 atom stereocenters. The summed E-state index contributed by atoms with van der Waals surface area (Å²) in [5, 5.41) is 4.74. The lowest BCUT2D eigenvalue weighted by molar-refractivity contribution is 0.129. The van der Waals surface area contributed by atoms with Crippen LogP contribution in [-0.2, 0) is 11.3 Å². The highest BCUT2D eigenvalue weighted by molar-refractivity contribution is 6.35. The van der Waals surface area contributed by atoms with Crippen LogP contribution in [0.3, 0.4) is 0 Å². The molecule has 5 heteroatoms. The van der Waals surface area contributed by atoms with Crippen molar-refractivity contribution in [1.82, 2.24) is 5.32 Å². The fourth-order valence-electron chi connectivity index (χ4n) is 1.54. The molecule has 1 N–H and O–H groups in total. The molecule has 0 radical (unpaired) electrons. The molecule has 0 saturated heterocycles. The van der Waals surface area contributed by atoms with E-state index in [1.807, 2.05) is 12.1 Å². The summed E-state index contributed by atoms with van der Waals surface area (Å²) in [6.45, 7) is 5.57. The van der Waals surface area contributed by atoms with E-state index < -0.39 is 0 Å². The lowest BCUT2D eigenvalue weighted by Gasteiger charge is -2.07. The molecule has 19 heavy (non-hydrogen) atoms. The highest BCUT2D eigenvalue weighted by atomic mass is 35.5. The Hall–Kier alpha value is 0.01000. The smallest absolute Gasteiger partial charge is 0.0478 e. The van der Waals surface area contributed by atoms with Crippen molar-refractivity contribution >= 4 is 35.6 Å². The van der Waals surface area contributed by atoms with Gasteiger partial charge in [0.15, 0.2) is 0 Å². The molecule has 0 unspecified atom stereocenters. The van der Waals surface area contributed by atoms with E-state index in [0.717, 1.165) is 44.7 Å². The Balaban J connectivity index is 0.00000324. The summed E-state index contributed by atoms with van der Waals surface area (Å²) in [7, 11) is 0. The summed E-state index contributed by atoms with van der Waals surface area (Å²) in [6, 6.07) is 5.59. The van der Waals surface area contributed by atoms with Crippen molar-refractivity contribution in [2.24, 2.45) is 0 Å². The van der Waals surface area contributed by atoms with Gasteiger partial charge < -0.3 is 10.1 Å². The Labute approximate surface area is 132 Å². The van der Waals surface area contributed by atoms with Gasteiger partial charge >= 0.3 is 0 Å². The molecule has 2 nitrogen and oxygen atoms in total. The van der Waals surface area contributed by atoms with E-state index in [4.69, 9.17) is 27.9 Å². The second-order valence-electron chi connectivity index (χ2n) is 4.23. The first kappa shape index (κ1) is 19.0. The van der Waals surface area contributed by atoms with Gasteiger partial charge in [0.2, 0.25) is 0 Å². The summed E-state index contributed by atoms with van der Waals surface area (Å²) in [5.41, 5.74) is 1.08. The van der Waals surface area contributed by atoms with Crippen molar-refractivity contribution in [3.63, 3.8) is 0 Å². The Morgan fingerprint density at radius 1 is 1.16 bits per heavy atom. The van der Waals surface area contributed by atoms with Crippen LogP contribution in [0, 0.1) is 0 Å². The Bertz CT molecular complexity index is 347. The molecule has 0 aliphatic heterocycles. The van der Waals surface area contributed by atoms with Gasteiger partial charge in [0.05, 0.1) is 0 Å². The predicted octanol–water partition coefficient (Wildman–Crippen LogP) is 4.71. The largest absolute Gasteiger partial charge is 0.381 e. The van der Waals surface area contributed by atoms with Crippen molar-refractivity contribution in [2.45, 2.75) is 32.7 Å². The maximum Gasteiger partial charge on any atom is 0.0478 e. The zero-order chi connectivity index (χ0) is 13.2. The van der Waals surface area contributed by atoms with Gasteiger partial charge in [0.25, 0.3) is 0 Å². The minimum atomic E-state index is 0. The number of hydrogen-bond donors (Lipinski definition) is 1. The third kappa shape index (κ3) is 8.72. The molecule has 0 amide bonds. The van der Waals surface area contributed by atoms with E-state index in [-0.39, 0.29) is 12.4 Å². The molecule has 0 fully saturated rings. The second-order valence-corrected chi connectivity index (χ2v) is 5.08. The molecule has 0 saturated carbocycles. The molecule has 0 bridgehead atoms. The zero-order valence-electron chi connectivity index (χ0n) is 11.3. The second kappa shape index (κ2) is 11.8. The van der Waals surface area contributed by atoms with Crippen LogP contribution in [0.5, 0.6) is 0 Å². The summed E-state index contributed by atoms with van der Waals surface area (Å²) in [6.07, 6.45) is 3.36. The van der Waals surface area contributed by atoms with Crippen LogP contribution in [0.25, 0.3) is 0 Å². The maximum absolute atomic E-state index is 6.08. The Kier molecular flexibility index (Phi) is 11.8. The lowest BCUT2D eigenvalue weighted by Crippen LogP contribution is -2.16. The van der Waals surface area contributed by atoms with Crippen molar-refractivity contribution in [3.8, 4) is 0 Å². The van der Waals surface area contributed by atoms with E-state index in [9.17, 15) is 0 Å². The van der Waals surface area contributed by atoms with Gasteiger partial charge in [-0.1, -0.05) is 42.6 Å². The normalized spacial score (nSPS) is 10.3. The van der Waals surface area contributed by atoms with Crippen LogP contribution >= 0.6 is 35.6 Å². The quantitative estimate of drug-likeness (QED) is 0.663. The minimum absolute atomic E-state index is 0. The molecule has 1 rings (SSSR count). The topological polar surface area (TPSA) is 21.3 Å². The third-order valence-corrected chi connectivity index (χ3v) is 3.20. The van der Waals surface area contributed by atoms with Gasteiger partial charge in [-0.15, -0.1) is 12.4 Å². The average molecular weight is 327 g/mol. The number of hydrogen-bond acceptors (Lipinski definition) is 2. The SMILES string of the molecule is CCCCOCCCNCc1ccc(Cl)cc1Cl.Cl. The summed E-state index contributed by atoms with van der Waals surface area (Å²) in [5.74, 6) is 0. The summed E-state index contributed by atoms with van der Waals surface area (Å²) >= 11 is 11.9. The van der Waals surface area contributed by atoms with Gasteiger partial charge in [0.1, 0.15) is 0 Å². The lowest BCUT2D eigenvalue weighted by atomic mass is 10.2. The third-order valence-electron chi connectivity index (χ3n) is 2.62. The standard InChI is InChI=1S/C14H21Cl2NO.ClH/c1-2-3-8-18-9-4-7-17-11-12-5-6-13(15)10-14(12)16;/h5-6,10,17H,2-4,7-9,11H2,1H3;1H. The Morgan fingerprint density at radius 3 is 2.58 bits per heavy atom. The van der Waals surface area contributed by atoms with E-state index in [0.29, 0.717) is 10.0 Å². The molecule has 0 heterocycles. The first-order valence-electron chi connectivity index (χ1n) is 6.46. The number of halogens is 3. The molecule has 1 aromatic rings. The van der Waals surface area contributed by atoms with Crippen molar-refractivity contribution in [2.75, 3.05) is 19.8 Å². The number of rotatable bonds is 9. The van der Waals surface area contributed by atoms with Crippen LogP contribution in [0.15, 0.2) is 18.2 Å². The maximum atomic E-state index is 6.08. The van der Waals surface area contributed by atoms with E-state index >= 15 is 0 Å². The van der Waals surface area contributed by atoms with Crippen molar-refractivity contribution in [1.29, 1.82) is 0 Å². The van der Waals surface area contributed by atoms with E-state index in [1.54, 1.807) is 6.07 Å². The summed E-state index contributed by atoms with van der Waals surface area (Å²) in [4.78, 5) is 0. The molecular formula is C14H22Cl3NO. The van der Waals surface area contributed by atoms with Gasteiger partial charge in [0, 0.05) is 29.8 Å². The molecule has 110 valence electrons. The summed E-state index contributed by atoms with van der Waals surface area (Å²) < 4.78 is 5.48. The number of benzene rings is 1. The zero-order valence-corrected chi connectivity index (χ0v) is 13.6. The van der Waals surface area contributed by atoms with Crippen molar-refractivity contribution < 1.29 is 4.74 Å². The predicted molar refractivity (Wildman–Crippen MR) is 85.8 cm³/mol. The Morgan fingerprint density at radius 2 is 1.89 bits per heavy atom. The van der Waals surface area contributed by atoms with Crippen molar-refractivity contribution in [3.05, 3.63) is 33.8 Å². The number of unbranched alkanes of at least 4 members (excludes halogenated alkanes) is 1. The molecule has 0 aromatic heterocycles. The van der Waals surface area contributed by atoms with Crippen LogP contribution < -0.4 is 5.32 Å². The fraction of sp³-hybridized carbons (Fsp3) is 0.571. The molecule has 0 aliphatic carbocycles. The molecule has 0 spiro atoms. The minimum Gasteiger partial charge on any atom is -0.381 e. The van der Waals surface area contributed by atoms with Gasteiger partial charge in [-0.05, 0) is 37.1 Å². The molecule has 0 aliphatic rings. The van der Waals surface area contributed by atoms with Crippen LogP contribution in [0.2, 0.25) is 10.0 Å². The number of nitrogens with one attached hydrogen (secondary N) is 1. The first-order chi connectivity index (χ1) is 8.74. The monoisotopic (exact) mass is 325 g/mol. The van der Waals surface area contributed by atoms with Gasteiger partial charge in [-0.3, -0.25) is 0 Å². The highest BCUT2D eigenvalue weighted by Gasteiger charge is 2.00. The highest BCUT2D eigenvalue weighted by Crippen LogP contribution is 2.20. The fourth-order valence-corrected chi connectivity index (χ4v) is 2.01. The van der Waals surface area contributed by atoms with E-state index in [1.165, 1.54) is 6.42 Å². The van der Waals surface area contributed by atoms with Gasteiger partial charge in [-0.25, -0.2) is 0 Å². The number of ether oxygens (including phenoxy) is 1.